The fourth-order valence-electron chi connectivity index (χ4n) is 1.68. The molecule has 0 unspecified atom stereocenters. The largest absolute Gasteiger partial charge is 0.416 e. The highest BCUT2D eigenvalue weighted by molar-refractivity contribution is 5.99. The number of hydrogen-bond acceptors (Lipinski definition) is 2. The molecule has 0 spiro atoms. The van der Waals surface area contributed by atoms with Gasteiger partial charge in [0.05, 0.1) is 11.1 Å². The summed E-state index contributed by atoms with van der Waals surface area (Å²) >= 11 is 0. The third kappa shape index (κ3) is 4.15. The first-order valence-electron chi connectivity index (χ1n) is 6.35. The molecule has 0 aromatic heterocycles. The zero-order chi connectivity index (χ0) is 15.5. The van der Waals surface area contributed by atoms with Crippen LogP contribution in [0.25, 0.3) is 0 Å². The maximum atomic E-state index is 12.7. The van der Waals surface area contributed by atoms with Crippen molar-refractivity contribution in [2.24, 2.45) is 5.92 Å². The number of benzene rings is 1. The first kappa shape index (κ1) is 16.3. The Morgan fingerprint density at radius 2 is 1.95 bits per heavy atom. The molecule has 2 N–H and O–H groups in total. The highest BCUT2D eigenvalue weighted by Crippen LogP contribution is 2.31. The zero-order valence-electron chi connectivity index (χ0n) is 11.8. The first-order chi connectivity index (χ1) is 9.12. The van der Waals surface area contributed by atoms with E-state index in [1.54, 1.807) is 7.05 Å². The third-order valence-electron chi connectivity index (χ3n) is 3.00. The fraction of sp³-hybridized carbons (Fsp3) is 0.500. The number of nitrogen functional groups attached to an aromatic ring is 1. The smallest absolute Gasteiger partial charge is 0.398 e. The summed E-state index contributed by atoms with van der Waals surface area (Å²) in [5.41, 5.74) is 4.69. The van der Waals surface area contributed by atoms with Crippen molar-refractivity contribution >= 4 is 11.6 Å². The van der Waals surface area contributed by atoms with Gasteiger partial charge < -0.3 is 10.6 Å². The molecule has 1 aromatic carbocycles. The molecule has 112 valence electrons. The third-order valence-corrected chi connectivity index (χ3v) is 3.00. The van der Waals surface area contributed by atoms with Crippen LogP contribution < -0.4 is 5.73 Å². The lowest BCUT2D eigenvalue weighted by Gasteiger charge is -2.20. The molecule has 1 rings (SSSR count). The number of anilines is 1. The number of carbonyl (C=O) groups excluding carboxylic acids is 1. The Labute approximate surface area is 116 Å². The predicted octanol–water partition coefficient (Wildman–Crippen LogP) is 3.41. The monoisotopic (exact) mass is 288 g/mol. The molecule has 0 fully saturated rings. The second-order valence-electron chi connectivity index (χ2n) is 5.21. The van der Waals surface area contributed by atoms with E-state index in [9.17, 15) is 18.0 Å². The van der Waals surface area contributed by atoms with Crippen molar-refractivity contribution in [1.82, 2.24) is 4.90 Å². The molecule has 0 radical (unpaired) electrons. The molecule has 3 nitrogen and oxygen atoms in total. The van der Waals surface area contributed by atoms with E-state index in [-0.39, 0.29) is 11.3 Å². The van der Waals surface area contributed by atoms with Crippen LogP contribution in [0, 0.1) is 5.92 Å². The van der Waals surface area contributed by atoms with E-state index in [0.717, 1.165) is 24.6 Å². The van der Waals surface area contributed by atoms with Crippen molar-refractivity contribution in [3.05, 3.63) is 29.3 Å². The molecule has 6 heteroatoms. The molecule has 0 saturated heterocycles. The average Bonchev–Trinajstić information content (AvgIpc) is 2.34. The molecular weight excluding hydrogens is 269 g/mol. The number of carbonyl (C=O) groups is 1. The highest BCUT2D eigenvalue weighted by Gasteiger charge is 2.31. The van der Waals surface area contributed by atoms with Crippen molar-refractivity contribution in [3.63, 3.8) is 0 Å². The van der Waals surface area contributed by atoms with Gasteiger partial charge in [-0.25, -0.2) is 0 Å². The van der Waals surface area contributed by atoms with Crippen LogP contribution in [0.2, 0.25) is 0 Å². The summed E-state index contributed by atoms with van der Waals surface area (Å²) in [5, 5.41) is 0. The Balaban J connectivity index is 2.97. The van der Waals surface area contributed by atoms with Gasteiger partial charge in [0.15, 0.2) is 0 Å². The molecule has 0 bridgehead atoms. The van der Waals surface area contributed by atoms with Crippen LogP contribution in [0.15, 0.2) is 18.2 Å². The van der Waals surface area contributed by atoms with Crippen LogP contribution in [-0.2, 0) is 6.18 Å². The molecule has 0 aliphatic carbocycles. The van der Waals surface area contributed by atoms with Gasteiger partial charge in [0.25, 0.3) is 5.91 Å². The lowest BCUT2D eigenvalue weighted by atomic mass is 10.1. The number of hydrogen-bond donors (Lipinski definition) is 1. The molecular formula is C14H19F3N2O. The molecule has 20 heavy (non-hydrogen) atoms. The van der Waals surface area contributed by atoms with E-state index in [4.69, 9.17) is 5.73 Å². The van der Waals surface area contributed by atoms with Crippen LogP contribution in [0.5, 0.6) is 0 Å². The van der Waals surface area contributed by atoms with Crippen LogP contribution in [0.1, 0.15) is 36.2 Å². The second kappa shape index (κ2) is 6.15. The maximum absolute atomic E-state index is 12.7. The summed E-state index contributed by atoms with van der Waals surface area (Å²) in [6, 6.07) is 2.80. The zero-order valence-corrected chi connectivity index (χ0v) is 11.8. The van der Waals surface area contributed by atoms with Crippen LogP contribution in [-0.4, -0.2) is 24.4 Å². The Kier molecular flexibility index (Phi) is 5.03. The summed E-state index contributed by atoms with van der Waals surface area (Å²) in [6.45, 7) is 4.50. The molecule has 1 amide bonds. The standard InChI is InChI=1S/C14H19F3N2O/c1-9(2)6-7-19(3)13(20)11-8-10(14(15,16)17)4-5-12(11)18/h4-5,8-9H,6-7,18H2,1-3H3. The van der Waals surface area contributed by atoms with E-state index in [0.29, 0.717) is 12.5 Å². The number of nitrogens with two attached hydrogens (primary N) is 1. The van der Waals surface area contributed by atoms with Crippen LogP contribution in [0.4, 0.5) is 18.9 Å². The van der Waals surface area contributed by atoms with Crippen LogP contribution >= 0.6 is 0 Å². The summed E-state index contributed by atoms with van der Waals surface area (Å²) < 4.78 is 38.0. The molecule has 1 aromatic rings. The summed E-state index contributed by atoms with van der Waals surface area (Å²) in [7, 11) is 1.56. The average molecular weight is 288 g/mol. The van der Waals surface area contributed by atoms with E-state index < -0.39 is 17.6 Å². The quantitative estimate of drug-likeness (QED) is 0.863. The van der Waals surface area contributed by atoms with Crippen molar-refractivity contribution in [3.8, 4) is 0 Å². The Bertz CT molecular complexity index is 484. The van der Waals surface area contributed by atoms with Gasteiger partial charge in [-0.3, -0.25) is 4.79 Å². The molecule has 0 atom stereocenters. The maximum Gasteiger partial charge on any atom is 0.416 e. The molecule has 0 aliphatic rings. The van der Waals surface area contributed by atoms with Crippen LogP contribution in [0.3, 0.4) is 0 Å². The predicted molar refractivity (Wildman–Crippen MR) is 72.3 cm³/mol. The second-order valence-corrected chi connectivity index (χ2v) is 5.21. The van der Waals surface area contributed by atoms with E-state index in [2.05, 4.69) is 0 Å². The van der Waals surface area contributed by atoms with Gasteiger partial charge in [-0.15, -0.1) is 0 Å². The topological polar surface area (TPSA) is 46.3 Å². The van der Waals surface area contributed by atoms with Gasteiger partial charge >= 0.3 is 6.18 Å². The van der Waals surface area contributed by atoms with Gasteiger partial charge in [-0.2, -0.15) is 13.2 Å². The summed E-state index contributed by atoms with van der Waals surface area (Å²) in [5.74, 6) is -0.0849. The minimum absolute atomic E-state index is 0.0550. The lowest BCUT2D eigenvalue weighted by Crippen LogP contribution is -2.29. The van der Waals surface area contributed by atoms with E-state index >= 15 is 0 Å². The van der Waals surface area contributed by atoms with Crippen molar-refractivity contribution < 1.29 is 18.0 Å². The first-order valence-corrected chi connectivity index (χ1v) is 6.35. The number of amides is 1. The van der Waals surface area contributed by atoms with Gasteiger partial charge in [-0.1, -0.05) is 13.8 Å². The summed E-state index contributed by atoms with van der Waals surface area (Å²) in [6.07, 6.45) is -3.71. The minimum atomic E-state index is -4.49. The summed E-state index contributed by atoms with van der Waals surface area (Å²) in [4.78, 5) is 13.5. The highest BCUT2D eigenvalue weighted by atomic mass is 19.4. The van der Waals surface area contributed by atoms with E-state index in [1.165, 1.54) is 4.90 Å². The van der Waals surface area contributed by atoms with Gasteiger partial charge in [-0.05, 0) is 30.5 Å². The number of halogens is 3. The fourth-order valence-corrected chi connectivity index (χ4v) is 1.68. The van der Waals surface area contributed by atoms with Crippen molar-refractivity contribution in [2.45, 2.75) is 26.4 Å². The molecule has 0 aliphatic heterocycles. The Morgan fingerprint density at radius 3 is 2.45 bits per heavy atom. The lowest BCUT2D eigenvalue weighted by molar-refractivity contribution is -0.137. The molecule has 0 heterocycles. The van der Waals surface area contributed by atoms with Crippen molar-refractivity contribution in [2.75, 3.05) is 19.3 Å². The van der Waals surface area contributed by atoms with E-state index in [1.807, 2.05) is 13.8 Å². The normalized spacial score (nSPS) is 11.8. The SMILES string of the molecule is CC(C)CCN(C)C(=O)c1cc(C(F)(F)F)ccc1N. The molecule has 0 saturated carbocycles. The Hall–Kier alpha value is -1.72. The van der Waals surface area contributed by atoms with Gasteiger partial charge in [0.1, 0.15) is 0 Å². The van der Waals surface area contributed by atoms with Gasteiger partial charge in [0.2, 0.25) is 0 Å². The minimum Gasteiger partial charge on any atom is -0.398 e. The number of rotatable bonds is 4. The van der Waals surface area contributed by atoms with Gasteiger partial charge in [0, 0.05) is 19.3 Å². The Morgan fingerprint density at radius 1 is 1.35 bits per heavy atom. The van der Waals surface area contributed by atoms with Crippen molar-refractivity contribution in [1.29, 1.82) is 0 Å². The number of nitrogens with zero attached hydrogens (tertiary/aromatic N) is 1. The number of alkyl halides is 3.